The molecule has 0 unspecified atom stereocenters. The Kier molecular flexibility index (Phi) is 8.37. The summed E-state index contributed by atoms with van der Waals surface area (Å²) in [4.78, 5) is 0. The van der Waals surface area contributed by atoms with E-state index in [9.17, 15) is 5.11 Å². The predicted octanol–water partition coefficient (Wildman–Crippen LogP) is 1.79. The van der Waals surface area contributed by atoms with Gasteiger partial charge in [-0.25, -0.2) is 5.11 Å². The van der Waals surface area contributed by atoms with Crippen molar-refractivity contribution in [2.75, 3.05) is 19.8 Å². The molecule has 0 amide bonds. The third-order valence-corrected chi connectivity index (χ3v) is 1.17. The summed E-state index contributed by atoms with van der Waals surface area (Å²) in [5, 5.41) is 9.96. The number of rotatable bonds is 7. The van der Waals surface area contributed by atoms with Crippen LogP contribution in [0.4, 0.5) is 0 Å². The van der Waals surface area contributed by atoms with Crippen LogP contribution in [0.25, 0.3) is 0 Å². The molecule has 2 nitrogen and oxygen atoms in total. The van der Waals surface area contributed by atoms with Crippen molar-refractivity contribution >= 4 is 0 Å². The lowest BCUT2D eigenvalue weighted by atomic mass is 10.2. The minimum absolute atomic E-state index is 0.0431. The third kappa shape index (κ3) is 7.66. The summed E-state index contributed by atoms with van der Waals surface area (Å²) < 4.78 is 5.11. The minimum atomic E-state index is 0.0431. The van der Waals surface area contributed by atoms with E-state index in [2.05, 4.69) is 6.58 Å². The van der Waals surface area contributed by atoms with E-state index < -0.39 is 0 Å². The fourth-order valence-corrected chi connectivity index (χ4v) is 0.650. The largest absolute Gasteiger partial charge is 0.377 e. The quantitative estimate of drug-likeness (QED) is 0.394. The maximum Gasteiger partial charge on any atom is 0.0822 e. The van der Waals surface area contributed by atoms with E-state index >= 15 is 0 Å². The maximum absolute atomic E-state index is 9.96. The van der Waals surface area contributed by atoms with E-state index in [1.165, 1.54) is 0 Å². The molecule has 0 aromatic carbocycles. The van der Waals surface area contributed by atoms with E-state index in [0.29, 0.717) is 6.61 Å². The molecule has 0 heterocycles. The lowest BCUT2D eigenvalue weighted by molar-refractivity contribution is 0.148. The SMILES string of the molecule is C=CCOCCCCC[O]. The molecule has 0 bridgehead atoms. The minimum Gasteiger partial charge on any atom is -0.377 e. The Balaban J connectivity index is 2.70. The molecule has 0 spiro atoms. The number of hydrogen-bond acceptors (Lipinski definition) is 1. The second-order valence-corrected chi connectivity index (χ2v) is 2.13. The van der Waals surface area contributed by atoms with E-state index in [1.807, 2.05) is 0 Å². The molecule has 0 aromatic heterocycles. The Morgan fingerprint density at radius 3 is 2.70 bits per heavy atom. The molecule has 0 fully saturated rings. The molecule has 0 atom stereocenters. The van der Waals surface area contributed by atoms with Gasteiger partial charge in [0, 0.05) is 6.61 Å². The van der Waals surface area contributed by atoms with Gasteiger partial charge in [0.2, 0.25) is 0 Å². The summed E-state index contributed by atoms with van der Waals surface area (Å²) >= 11 is 0. The van der Waals surface area contributed by atoms with Gasteiger partial charge in [-0.3, -0.25) is 0 Å². The number of ether oxygens (including phenoxy) is 1. The van der Waals surface area contributed by atoms with Crippen molar-refractivity contribution in [1.82, 2.24) is 0 Å². The topological polar surface area (TPSA) is 29.1 Å². The summed E-state index contributed by atoms with van der Waals surface area (Å²) in [5.74, 6) is 0. The zero-order valence-corrected chi connectivity index (χ0v) is 6.34. The summed E-state index contributed by atoms with van der Waals surface area (Å²) in [6, 6.07) is 0. The Bertz CT molecular complexity index is 71.7. The van der Waals surface area contributed by atoms with E-state index in [0.717, 1.165) is 25.9 Å². The Labute approximate surface area is 62.5 Å². The van der Waals surface area contributed by atoms with E-state index in [-0.39, 0.29) is 6.61 Å². The van der Waals surface area contributed by atoms with Gasteiger partial charge in [-0.2, -0.15) is 0 Å². The van der Waals surface area contributed by atoms with Gasteiger partial charge in [0.05, 0.1) is 13.2 Å². The molecule has 59 valence electrons. The Hall–Kier alpha value is -0.340. The normalized spacial score (nSPS) is 9.70. The molecule has 2 heteroatoms. The molecular formula is C8H15O2. The first-order chi connectivity index (χ1) is 4.91. The van der Waals surface area contributed by atoms with Crippen LogP contribution in [0.5, 0.6) is 0 Å². The Morgan fingerprint density at radius 2 is 2.10 bits per heavy atom. The van der Waals surface area contributed by atoms with Crippen LogP contribution in [0.2, 0.25) is 0 Å². The summed E-state index contributed by atoms with van der Waals surface area (Å²) in [5.41, 5.74) is 0. The second-order valence-electron chi connectivity index (χ2n) is 2.13. The average molecular weight is 143 g/mol. The van der Waals surface area contributed by atoms with Crippen molar-refractivity contribution in [2.24, 2.45) is 0 Å². The number of hydrogen-bond donors (Lipinski definition) is 0. The fourth-order valence-electron chi connectivity index (χ4n) is 0.650. The molecule has 0 rings (SSSR count). The van der Waals surface area contributed by atoms with Crippen molar-refractivity contribution in [3.63, 3.8) is 0 Å². The first kappa shape index (κ1) is 9.66. The highest BCUT2D eigenvalue weighted by molar-refractivity contribution is 4.63. The number of unbranched alkanes of at least 4 members (excludes halogenated alkanes) is 2. The summed E-state index contributed by atoms with van der Waals surface area (Å²) in [6.07, 6.45) is 4.49. The standard InChI is InChI=1S/C8H15O2/c1-2-7-10-8-5-3-4-6-9/h2H,1,3-8H2. The van der Waals surface area contributed by atoms with Gasteiger partial charge in [0.1, 0.15) is 0 Å². The van der Waals surface area contributed by atoms with Crippen LogP contribution in [0.3, 0.4) is 0 Å². The van der Waals surface area contributed by atoms with Crippen LogP contribution < -0.4 is 0 Å². The lowest BCUT2D eigenvalue weighted by Gasteiger charge is -1.98. The second kappa shape index (κ2) is 8.66. The van der Waals surface area contributed by atoms with Crippen LogP contribution >= 0.6 is 0 Å². The highest BCUT2D eigenvalue weighted by Crippen LogP contribution is 1.94. The van der Waals surface area contributed by atoms with E-state index in [4.69, 9.17) is 4.74 Å². The first-order valence-corrected chi connectivity index (χ1v) is 3.68. The van der Waals surface area contributed by atoms with Gasteiger partial charge < -0.3 is 4.74 Å². The zero-order valence-electron chi connectivity index (χ0n) is 6.34. The third-order valence-electron chi connectivity index (χ3n) is 1.17. The molecule has 0 aromatic rings. The van der Waals surface area contributed by atoms with E-state index in [1.54, 1.807) is 6.08 Å². The fraction of sp³-hybridized carbons (Fsp3) is 0.750. The van der Waals surface area contributed by atoms with Gasteiger partial charge in [-0.15, -0.1) is 6.58 Å². The molecule has 0 saturated heterocycles. The molecule has 0 saturated carbocycles. The van der Waals surface area contributed by atoms with Gasteiger partial charge in [0.25, 0.3) is 0 Å². The molecule has 0 aliphatic rings. The molecule has 0 aliphatic heterocycles. The highest BCUT2D eigenvalue weighted by Gasteiger charge is 1.87. The predicted molar refractivity (Wildman–Crippen MR) is 40.4 cm³/mol. The van der Waals surface area contributed by atoms with Gasteiger partial charge in [-0.1, -0.05) is 6.08 Å². The van der Waals surface area contributed by atoms with Crippen LogP contribution in [0.15, 0.2) is 12.7 Å². The van der Waals surface area contributed by atoms with Crippen molar-refractivity contribution in [3.8, 4) is 0 Å². The van der Waals surface area contributed by atoms with Crippen LogP contribution in [0, 0.1) is 0 Å². The van der Waals surface area contributed by atoms with Crippen molar-refractivity contribution in [1.29, 1.82) is 0 Å². The molecule has 0 N–H and O–H groups in total. The zero-order chi connectivity index (χ0) is 7.66. The summed E-state index contributed by atoms with van der Waals surface area (Å²) in [7, 11) is 0. The monoisotopic (exact) mass is 143 g/mol. The lowest BCUT2D eigenvalue weighted by Crippen LogP contribution is -1.94. The summed E-state index contributed by atoms with van der Waals surface area (Å²) in [6.45, 7) is 4.94. The van der Waals surface area contributed by atoms with Crippen molar-refractivity contribution < 1.29 is 9.84 Å². The van der Waals surface area contributed by atoms with Gasteiger partial charge >= 0.3 is 0 Å². The van der Waals surface area contributed by atoms with Crippen molar-refractivity contribution in [3.05, 3.63) is 12.7 Å². The van der Waals surface area contributed by atoms with Crippen LogP contribution in [-0.4, -0.2) is 19.8 Å². The highest BCUT2D eigenvalue weighted by atomic mass is 16.5. The molecule has 1 radical (unpaired) electrons. The molecule has 0 aliphatic carbocycles. The maximum atomic E-state index is 9.96. The smallest absolute Gasteiger partial charge is 0.0822 e. The molecular weight excluding hydrogens is 128 g/mol. The van der Waals surface area contributed by atoms with Crippen LogP contribution in [-0.2, 0) is 9.84 Å². The first-order valence-electron chi connectivity index (χ1n) is 3.68. The van der Waals surface area contributed by atoms with Gasteiger partial charge in [-0.05, 0) is 19.3 Å². The van der Waals surface area contributed by atoms with Crippen LogP contribution in [0.1, 0.15) is 19.3 Å². The average Bonchev–Trinajstić information content (AvgIpc) is 1.97. The Morgan fingerprint density at radius 1 is 1.30 bits per heavy atom. The van der Waals surface area contributed by atoms with Crippen molar-refractivity contribution in [2.45, 2.75) is 19.3 Å². The van der Waals surface area contributed by atoms with Gasteiger partial charge in [0.15, 0.2) is 0 Å². The molecule has 10 heavy (non-hydrogen) atoms.